The number of anilines is 2. The minimum Gasteiger partial charge on any atom is -0.508 e. The van der Waals surface area contributed by atoms with E-state index in [-0.39, 0.29) is 46.1 Å². The molecule has 0 saturated heterocycles. The molecule has 4 aromatic carbocycles. The van der Waals surface area contributed by atoms with Crippen LogP contribution in [-0.2, 0) is 15.1 Å². The van der Waals surface area contributed by atoms with E-state index in [9.17, 15) is 19.8 Å². The van der Waals surface area contributed by atoms with Gasteiger partial charge in [-0.2, -0.15) is 5.26 Å². The highest BCUT2D eigenvalue weighted by atomic mass is 32.1. The van der Waals surface area contributed by atoms with Gasteiger partial charge >= 0.3 is 5.97 Å². The second kappa shape index (κ2) is 10.2. The molecule has 216 valence electrons. The summed E-state index contributed by atoms with van der Waals surface area (Å²) >= 11 is 6.62. The normalized spacial score (nSPS) is 13.6. The molecule has 0 atom stereocenters. The highest BCUT2D eigenvalue weighted by Crippen LogP contribution is 2.57. The van der Waals surface area contributed by atoms with Crippen LogP contribution in [0.2, 0.25) is 0 Å². The van der Waals surface area contributed by atoms with Gasteiger partial charge in [-0.05, 0) is 66.8 Å². The zero-order valence-corrected chi connectivity index (χ0v) is 24.0. The fraction of sp³-hybridized carbons (Fsp3) is 0.0645. The molecule has 0 unspecified atom stereocenters. The van der Waals surface area contributed by atoms with E-state index in [0.29, 0.717) is 38.6 Å². The summed E-state index contributed by atoms with van der Waals surface area (Å²) in [5.74, 6) is -0.414. The number of thiocarbonyl (C=S) groups is 1. The highest BCUT2D eigenvalue weighted by molar-refractivity contribution is 7.80. The van der Waals surface area contributed by atoms with Gasteiger partial charge < -0.3 is 35.6 Å². The van der Waals surface area contributed by atoms with Gasteiger partial charge in [0.2, 0.25) is 5.91 Å². The lowest BCUT2D eigenvalue weighted by Gasteiger charge is -2.36. The third-order valence-corrected chi connectivity index (χ3v) is 8.38. The molecule has 0 fully saturated rings. The third-order valence-electron chi connectivity index (χ3n) is 7.21. The van der Waals surface area contributed by atoms with Gasteiger partial charge in [-0.1, -0.05) is 6.07 Å². The van der Waals surface area contributed by atoms with Gasteiger partial charge in [-0.15, -0.1) is 11.3 Å². The summed E-state index contributed by atoms with van der Waals surface area (Å²) in [7, 11) is 0. The molecule has 7 rings (SSSR count). The maximum Gasteiger partial charge on any atom is 0.340 e. The van der Waals surface area contributed by atoms with Gasteiger partial charge in [0.1, 0.15) is 29.1 Å². The topological polar surface area (TPSA) is 166 Å². The number of rotatable bonds is 4. The largest absolute Gasteiger partial charge is 0.508 e. The molecule has 2 aliphatic rings. The Bertz CT molecular complexity index is 2050. The van der Waals surface area contributed by atoms with Crippen molar-refractivity contribution in [3.05, 3.63) is 100 Å². The Kier molecular flexibility index (Phi) is 6.31. The quantitative estimate of drug-likeness (QED) is 0.134. The van der Waals surface area contributed by atoms with E-state index in [0.717, 1.165) is 4.70 Å². The van der Waals surface area contributed by atoms with Crippen molar-refractivity contribution in [3.63, 3.8) is 0 Å². The van der Waals surface area contributed by atoms with Crippen molar-refractivity contribution >= 4 is 62.1 Å². The number of phenols is 2. The number of aromatic nitrogens is 1. The smallest absolute Gasteiger partial charge is 0.340 e. The van der Waals surface area contributed by atoms with Crippen molar-refractivity contribution in [3.8, 4) is 29.1 Å². The summed E-state index contributed by atoms with van der Waals surface area (Å²) in [5.41, 5.74) is 2.23. The van der Waals surface area contributed by atoms with E-state index in [1.165, 1.54) is 35.6 Å². The molecule has 5 N–H and O–H groups in total. The summed E-state index contributed by atoms with van der Waals surface area (Å²) in [5, 5.41) is 38.4. The number of carbonyl (C=O) groups is 2. The number of hydrogen-bond acceptors (Lipinski definition) is 10. The van der Waals surface area contributed by atoms with E-state index in [2.05, 4.69) is 20.9 Å². The molecular weight excluding hydrogens is 603 g/mol. The average molecular weight is 622 g/mol. The first-order valence-corrected chi connectivity index (χ1v) is 14.3. The summed E-state index contributed by atoms with van der Waals surface area (Å²) in [6, 6.07) is 21.4. The molecule has 0 bridgehead atoms. The van der Waals surface area contributed by atoms with Gasteiger partial charge in [0.15, 0.2) is 15.7 Å². The number of ether oxygens (including phenoxy) is 2. The van der Waals surface area contributed by atoms with Crippen molar-refractivity contribution in [1.29, 1.82) is 5.26 Å². The number of phenolic OH excluding ortho intramolecular Hbond substituents is 2. The van der Waals surface area contributed by atoms with Crippen LogP contribution in [0.1, 0.15) is 32.1 Å². The van der Waals surface area contributed by atoms with Gasteiger partial charge in [0.25, 0.3) is 0 Å². The molecule has 0 radical (unpaired) electrons. The van der Waals surface area contributed by atoms with E-state index in [4.69, 9.17) is 27.0 Å². The van der Waals surface area contributed by atoms with Gasteiger partial charge in [0.05, 0.1) is 22.3 Å². The summed E-state index contributed by atoms with van der Waals surface area (Å²) in [6.07, 6.45) is 0. The number of hydrogen-bond donors (Lipinski definition) is 5. The van der Waals surface area contributed by atoms with Crippen LogP contribution in [0.5, 0.6) is 23.0 Å². The van der Waals surface area contributed by atoms with Gasteiger partial charge in [-0.25, -0.2) is 9.78 Å². The van der Waals surface area contributed by atoms with E-state index < -0.39 is 11.6 Å². The SMILES string of the molecule is N#Cc1nc2ccc(NC(=O)CNC(=S)Nc3ccc4c(c3)C(=O)OC43c4ccc(O)cc4Oc4cc(O)ccc43)cc2s1. The maximum atomic E-state index is 13.3. The summed E-state index contributed by atoms with van der Waals surface area (Å²) in [4.78, 5) is 30.0. The third kappa shape index (κ3) is 4.49. The molecule has 0 aliphatic carbocycles. The number of esters is 1. The van der Waals surface area contributed by atoms with Crippen LogP contribution in [0.4, 0.5) is 11.4 Å². The predicted molar refractivity (Wildman–Crippen MR) is 165 cm³/mol. The number of fused-ring (bicyclic) bond motifs is 7. The molecule has 3 heterocycles. The van der Waals surface area contributed by atoms with Crippen LogP contribution < -0.4 is 20.7 Å². The maximum absolute atomic E-state index is 13.3. The number of thiazole rings is 1. The average Bonchev–Trinajstić information content (AvgIpc) is 3.54. The molecule has 1 amide bonds. The van der Waals surface area contributed by atoms with Crippen LogP contribution in [0.3, 0.4) is 0 Å². The second-order valence-corrected chi connectivity index (χ2v) is 11.4. The first-order chi connectivity index (χ1) is 21.2. The zero-order valence-electron chi connectivity index (χ0n) is 22.4. The zero-order chi connectivity index (χ0) is 30.6. The monoisotopic (exact) mass is 621 g/mol. The Labute approximate surface area is 258 Å². The number of nitriles is 1. The van der Waals surface area contributed by atoms with Crippen LogP contribution >= 0.6 is 23.6 Å². The summed E-state index contributed by atoms with van der Waals surface area (Å²) in [6.45, 7) is -0.126. The first-order valence-electron chi connectivity index (χ1n) is 13.1. The fourth-order valence-corrected chi connectivity index (χ4v) is 6.37. The number of benzene rings is 4. The molecule has 1 aromatic heterocycles. The van der Waals surface area contributed by atoms with Crippen molar-refractivity contribution in [2.75, 3.05) is 17.2 Å². The van der Waals surface area contributed by atoms with Crippen LogP contribution in [-0.4, -0.2) is 38.7 Å². The van der Waals surface area contributed by atoms with Crippen molar-refractivity contribution in [1.82, 2.24) is 10.3 Å². The van der Waals surface area contributed by atoms with Crippen molar-refractivity contribution in [2.24, 2.45) is 0 Å². The number of carbonyl (C=O) groups excluding carboxylic acids is 2. The molecule has 13 heteroatoms. The lowest BCUT2D eigenvalue weighted by molar-refractivity contribution is -0.115. The number of aromatic hydroxyl groups is 2. The first kappa shape index (κ1) is 27.1. The highest BCUT2D eigenvalue weighted by Gasteiger charge is 2.53. The Morgan fingerprint density at radius 3 is 2.30 bits per heavy atom. The lowest BCUT2D eigenvalue weighted by atomic mass is 9.77. The minimum absolute atomic E-state index is 0.0311. The molecule has 0 saturated carbocycles. The number of nitrogens with one attached hydrogen (secondary N) is 3. The van der Waals surface area contributed by atoms with E-state index in [1.807, 2.05) is 6.07 Å². The van der Waals surface area contributed by atoms with E-state index >= 15 is 0 Å². The lowest BCUT2D eigenvalue weighted by Crippen LogP contribution is -2.35. The van der Waals surface area contributed by atoms with Crippen molar-refractivity contribution < 1.29 is 29.3 Å². The molecule has 44 heavy (non-hydrogen) atoms. The molecule has 2 aliphatic heterocycles. The Morgan fingerprint density at radius 1 is 0.932 bits per heavy atom. The Morgan fingerprint density at radius 2 is 1.59 bits per heavy atom. The number of nitrogens with zero attached hydrogens (tertiary/aromatic N) is 2. The van der Waals surface area contributed by atoms with E-state index in [1.54, 1.807) is 48.5 Å². The molecule has 5 aromatic rings. The Balaban J connectivity index is 1.09. The summed E-state index contributed by atoms with van der Waals surface area (Å²) < 4.78 is 12.8. The van der Waals surface area contributed by atoms with Gasteiger partial charge in [-0.3, -0.25) is 4.79 Å². The second-order valence-electron chi connectivity index (χ2n) is 9.96. The molecule has 1 spiro atoms. The Hall–Kier alpha value is -5.71. The molecule has 11 nitrogen and oxygen atoms in total. The predicted octanol–water partition coefficient (Wildman–Crippen LogP) is 5.07. The van der Waals surface area contributed by atoms with Gasteiger partial charge in [0, 0.05) is 40.2 Å². The van der Waals surface area contributed by atoms with Crippen molar-refractivity contribution in [2.45, 2.75) is 5.60 Å². The van der Waals surface area contributed by atoms with Crippen LogP contribution in [0, 0.1) is 11.3 Å². The van der Waals surface area contributed by atoms with Crippen LogP contribution in [0.25, 0.3) is 10.2 Å². The standard InChI is InChI=1S/C31H19N5O6S2/c32-13-28-36-23-8-2-16(10-26(23)44-28)34-27(39)14-33-30(43)35-15-1-5-20-19(9-15)29(40)42-31(20)21-6-3-17(37)11-24(21)41-25-12-18(38)4-7-22(25)31/h1-12,37-38H,14H2,(H,34,39)(H2,33,35,43). The minimum atomic E-state index is -1.37. The fourth-order valence-electron chi connectivity index (χ4n) is 5.37. The number of amides is 1. The molecular formula is C31H19N5O6S2. The van der Waals surface area contributed by atoms with Crippen LogP contribution in [0.15, 0.2) is 72.8 Å².